The van der Waals surface area contributed by atoms with Crippen LogP contribution in [0.1, 0.15) is 26.2 Å². The number of hydrogen-bond donors (Lipinski definition) is 8. The van der Waals surface area contributed by atoms with Crippen LogP contribution in [0.2, 0.25) is 0 Å². The van der Waals surface area contributed by atoms with Gasteiger partial charge >= 0.3 is 5.97 Å². The first-order valence-corrected chi connectivity index (χ1v) is 11.6. The standard InChI is InChI=1S/C17H33N7O5S2/c1-9(18)13(25)24-12(8-30)15(27)22-10(4-3-6-21-17(19)20)14(26)23-11(16(28)29)5-7-31-2/h9-12,30H,3-8,18H2,1-2H3,(H,22,27)(H,23,26)(H,24,25)(H,28,29)(H4,19,20,21). The number of nitrogens with two attached hydrogens (primary N) is 3. The van der Waals surface area contributed by atoms with Crippen molar-refractivity contribution in [1.82, 2.24) is 16.0 Å². The lowest BCUT2D eigenvalue weighted by molar-refractivity contribution is -0.142. The van der Waals surface area contributed by atoms with Gasteiger partial charge in [-0.3, -0.25) is 19.4 Å². The number of nitrogens with one attached hydrogen (secondary N) is 3. The van der Waals surface area contributed by atoms with Gasteiger partial charge in [0.05, 0.1) is 6.04 Å². The predicted molar refractivity (Wildman–Crippen MR) is 124 cm³/mol. The number of carboxylic acids is 1. The van der Waals surface area contributed by atoms with Gasteiger partial charge in [-0.1, -0.05) is 0 Å². The molecule has 0 aromatic rings. The third-order valence-corrected chi connectivity index (χ3v) is 5.04. The Morgan fingerprint density at radius 1 is 1.00 bits per heavy atom. The molecular weight excluding hydrogens is 446 g/mol. The van der Waals surface area contributed by atoms with Crippen LogP contribution in [0.25, 0.3) is 0 Å². The molecule has 0 rings (SSSR count). The van der Waals surface area contributed by atoms with E-state index in [0.29, 0.717) is 12.2 Å². The van der Waals surface area contributed by atoms with E-state index in [2.05, 4.69) is 33.6 Å². The molecule has 178 valence electrons. The van der Waals surface area contributed by atoms with Gasteiger partial charge in [-0.25, -0.2) is 4.79 Å². The van der Waals surface area contributed by atoms with Gasteiger partial charge < -0.3 is 38.3 Å². The number of amides is 3. The van der Waals surface area contributed by atoms with Crippen LogP contribution < -0.4 is 33.2 Å². The van der Waals surface area contributed by atoms with Crippen LogP contribution in [0.4, 0.5) is 0 Å². The summed E-state index contributed by atoms with van der Waals surface area (Å²) in [6.45, 7) is 1.68. The molecule has 3 amide bonds. The molecule has 0 spiro atoms. The second-order valence-corrected chi connectivity index (χ2v) is 8.07. The third kappa shape index (κ3) is 12.3. The summed E-state index contributed by atoms with van der Waals surface area (Å²) < 4.78 is 0. The molecule has 0 heterocycles. The summed E-state index contributed by atoms with van der Waals surface area (Å²) >= 11 is 5.50. The highest BCUT2D eigenvalue weighted by Crippen LogP contribution is 2.05. The molecule has 31 heavy (non-hydrogen) atoms. The van der Waals surface area contributed by atoms with Crippen molar-refractivity contribution in [3.05, 3.63) is 0 Å². The zero-order chi connectivity index (χ0) is 24.0. The quantitative estimate of drug-likeness (QED) is 0.0543. The maximum absolute atomic E-state index is 12.7. The van der Waals surface area contributed by atoms with E-state index >= 15 is 0 Å². The summed E-state index contributed by atoms with van der Waals surface area (Å²) in [7, 11) is 0. The Balaban J connectivity index is 5.30. The minimum Gasteiger partial charge on any atom is -0.480 e. The molecule has 0 saturated heterocycles. The van der Waals surface area contributed by atoms with E-state index in [9.17, 15) is 24.3 Å². The Bertz CT molecular complexity index is 644. The van der Waals surface area contributed by atoms with E-state index in [4.69, 9.17) is 17.2 Å². The van der Waals surface area contributed by atoms with Gasteiger partial charge in [0, 0.05) is 12.3 Å². The van der Waals surface area contributed by atoms with Gasteiger partial charge in [0.25, 0.3) is 0 Å². The van der Waals surface area contributed by atoms with Gasteiger partial charge in [-0.05, 0) is 38.2 Å². The van der Waals surface area contributed by atoms with Crippen LogP contribution in [0.15, 0.2) is 4.99 Å². The number of rotatable bonds is 15. The number of aliphatic carboxylic acids is 1. The number of aliphatic imine (C=N–C) groups is 1. The van der Waals surface area contributed by atoms with Crippen LogP contribution >= 0.6 is 24.4 Å². The summed E-state index contributed by atoms with van der Waals surface area (Å²) in [6.07, 6.45) is 2.53. The monoisotopic (exact) mass is 479 g/mol. The lowest BCUT2D eigenvalue weighted by Gasteiger charge is -2.24. The van der Waals surface area contributed by atoms with Crippen LogP contribution in [-0.4, -0.2) is 83.2 Å². The fourth-order valence-electron chi connectivity index (χ4n) is 2.31. The van der Waals surface area contributed by atoms with Crippen molar-refractivity contribution in [2.24, 2.45) is 22.2 Å². The highest BCUT2D eigenvalue weighted by atomic mass is 32.2. The highest BCUT2D eigenvalue weighted by molar-refractivity contribution is 7.98. The van der Waals surface area contributed by atoms with Gasteiger partial charge in [0.1, 0.15) is 18.1 Å². The first-order chi connectivity index (χ1) is 14.5. The van der Waals surface area contributed by atoms with Crippen LogP contribution in [0.3, 0.4) is 0 Å². The van der Waals surface area contributed by atoms with Crippen LogP contribution in [0, 0.1) is 0 Å². The smallest absolute Gasteiger partial charge is 0.326 e. The molecule has 14 heteroatoms. The number of nitrogens with zero attached hydrogens (tertiary/aromatic N) is 1. The molecule has 0 bridgehead atoms. The Hall–Kier alpha value is -2.19. The number of thioether (sulfide) groups is 1. The third-order valence-electron chi connectivity index (χ3n) is 4.03. The van der Waals surface area contributed by atoms with Gasteiger partial charge in [-0.2, -0.15) is 24.4 Å². The van der Waals surface area contributed by atoms with Crippen molar-refractivity contribution in [2.75, 3.05) is 24.3 Å². The summed E-state index contributed by atoms with van der Waals surface area (Å²) in [4.78, 5) is 52.4. The maximum Gasteiger partial charge on any atom is 0.326 e. The van der Waals surface area contributed by atoms with Crippen molar-refractivity contribution in [3.63, 3.8) is 0 Å². The molecule has 0 aliphatic rings. The predicted octanol–water partition coefficient (Wildman–Crippen LogP) is -2.39. The minimum absolute atomic E-state index is 0.0297. The Kier molecular flexibility index (Phi) is 14.5. The fourth-order valence-corrected chi connectivity index (χ4v) is 3.04. The number of carbonyl (C=O) groups excluding carboxylic acids is 3. The fraction of sp³-hybridized carbons (Fsp3) is 0.706. The molecule has 0 aromatic heterocycles. The highest BCUT2D eigenvalue weighted by Gasteiger charge is 2.29. The number of thiol groups is 1. The second kappa shape index (κ2) is 15.6. The molecule has 0 saturated carbocycles. The summed E-state index contributed by atoms with van der Waals surface area (Å²) in [5.74, 6) is -2.65. The van der Waals surface area contributed by atoms with Crippen molar-refractivity contribution >= 4 is 54.0 Å². The van der Waals surface area contributed by atoms with Gasteiger partial charge in [0.15, 0.2) is 5.96 Å². The summed E-state index contributed by atoms with van der Waals surface area (Å²) in [5, 5.41) is 16.8. The lowest BCUT2D eigenvalue weighted by atomic mass is 10.1. The van der Waals surface area contributed by atoms with E-state index in [-0.39, 0.29) is 31.1 Å². The molecule has 4 atom stereocenters. The number of carbonyl (C=O) groups is 4. The average Bonchev–Trinajstić information content (AvgIpc) is 2.70. The zero-order valence-electron chi connectivity index (χ0n) is 17.7. The van der Waals surface area contributed by atoms with E-state index in [1.54, 1.807) is 0 Å². The van der Waals surface area contributed by atoms with Crippen molar-refractivity contribution in [3.8, 4) is 0 Å². The number of hydrogen-bond acceptors (Lipinski definition) is 8. The van der Waals surface area contributed by atoms with Gasteiger partial charge in [-0.15, -0.1) is 0 Å². The molecule has 0 radical (unpaired) electrons. The first kappa shape index (κ1) is 28.8. The van der Waals surface area contributed by atoms with Crippen LogP contribution in [0.5, 0.6) is 0 Å². The molecule has 0 aromatic carbocycles. The molecule has 0 aliphatic heterocycles. The van der Waals surface area contributed by atoms with Crippen molar-refractivity contribution in [2.45, 2.75) is 50.4 Å². The zero-order valence-corrected chi connectivity index (χ0v) is 19.4. The minimum atomic E-state index is -1.18. The van der Waals surface area contributed by atoms with Gasteiger partial charge in [0.2, 0.25) is 17.7 Å². The molecule has 0 fully saturated rings. The topological polar surface area (TPSA) is 215 Å². The lowest BCUT2D eigenvalue weighted by Crippen LogP contribution is -2.57. The van der Waals surface area contributed by atoms with E-state index in [0.717, 1.165) is 0 Å². The van der Waals surface area contributed by atoms with Crippen LogP contribution in [-0.2, 0) is 19.2 Å². The normalized spacial score (nSPS) is 14.5. The molecular formula is C17H33N7O5S2. The van der Waals surface area contributed by atoms with E-state index in [1.165, 1.54) is 18.7 Å². The maximum atomic E-state index is 12.7. The SMILES string of the molecule is CSCCC(NC(=O)C(CCCN=C(N)N)NC(=O)C(CS)NC(=O)C(C)N)C(=O)O. The summed E-state index contributed by atoms with van der Waals surface area (Å²) in [5.41, 5.74) is 16.0. The summed E-state index contributed by atoms with van der Waals surface area (Å²) in [6, 6.07) is -4.02. The largest absolute Gasteiger partial charge is 0.480 e. The molecule has 0 aliphatic carbocycles. The number of guanidine groups is 1. The first-order valence-electron chi connectivity index (χ1n) is 9.58. The molecule has 10 N–H and O–H groups in total. The van der Waals surface area contributed by atoms with E-state index in [1.807, 2.05) is 6.26 Å². The van der Waals surface area contributed by atoms with Crippen molar-refractivity contribution < 1.29 is 24.3 Å². The van der Waals surface area contributed by atoms with E-state index < -0.39 is 47.9 Å². The average molecular weight is 480 g/mol. The Labute approximate surface area is 191 Å². The molecule has 12 nitrogen and oxygen atoms in total. The molecule has 4 unspecified atom stereocenters. The van der Waals surface area contributed by atoms with Crippen molar-refractivity contribution in [1.29, 1.82) is 0 Å². The number of carboxylic acid groups (broad SMARTS) is 1. The Morgan fingerprint density at radius 3 is 2.03 bits per heavy atom. The Morgan fingerprint density at radius 2 is 1.55 bits per heavy atom. The second-order valence-electron chi connectivity index (χ2n) is 6.72.